The second-order valence-electron chi connectivity index (χ2n) is 5.01. The van der Waals surface area contributed by atoms with E-state index in [9.17, 15) is 9.59 Å². The molecule has 1 aromatic rings. The van der Waals surface area contributed by atoms with E-state index in [1.165, 1.54) is 10.6 Å². The van der Waals surface area contributed by atoms with E-state index in [4.69, 9.17) is 5.73 Å². The quantitative estimate of drug-likeness (QED) is 0.813. The lowest BCUT2D eigenvalue weighted by atomic mass is 9.97. The smallest absolute Gasteiger partial charge is 0.253 e. The number of nitrogens with one attached hydrogen (secondary N) is 1. The maximum Gasteiger partial charge on any atom is 0.253 e. The molecule has 1 saturated carbocycles. The molecule has 0 unspecified atom stereocenters. The Morgan fingerprint density at radius 3 is 2.67 bits per heavy atom. The van der Waals surface area contributed by atoms with E-state index < -0.39 is 0 Å². The molecule has 5 nitrogen and oxygen atoms in total. The third-order valence-corrected chi connectivity index (χ3v) is 3.68. The fourth-order valence-electron chi connectivity index (χ4n) is 2.47. The number of aryl methyl sites for hydroxylation is 1. The van der Waals surface area contributed by atoms with Crippen molar-refractivity contribution in [1.29, 1.82) is 0 Å². The van der Waals surface area contributed by atoms with Crippen LogP contribution in [0.5, 0.6) is 0 Å². The van der Waals surface area contributed by atoms with Crippen molar-refractivity contribution in [2.24, 2.45) is 12.8 Å². The molecular formula is C13H19N3O2. The molecule has 1 amide bonds. The van der Waals surface area contributed by atoms with Crippen molar-refractivity contribution in [3.63, 3.8) is 0 Å². The molecule has 5 heteroatoms. The maximum absolute atomic E-state index is 12.1. The van der Waals surface area contributed by atoms with Crippen molar-refractivity contribution in [3.8, 4) is 0 Å². The number of hydrogen-bond acceptors (Lipinski definition) is 3. The average Bonchev–Trinajstić information content (AvgIpc) is 2.82. The highest BCUT2D eigenvalue weighted by atomic mass is 16.2. The minimum Gasteiger partial charge on any atom is -0.345 e. The van der Waals surface area contributed by atoms with Gasteiger partial charge in [0.1, 0.15) is 0 Å². The predicted octanol–water partition coefficient (Wildman–Crippen LogP) is 0.387. The van der Waals surface area contributed by atoms with Crippen LogP contribution < -0.4 is 16.6 Å². The minimum absolute atomic E-state index is 0.124. The molecule has 0 saturated heterocycles. The van der Waals surface area contributed by atoms with E-state index in [2.05, 4.69) is 5.32 Å². The molecule has 0 aromatic carbocycles. The van der Waals surface area contributed by atoms with Gasteiger partial charge in [-0.05, 0) is 18.9 Å². The highest BCUT2D eigenvalue weighted by molar-refractivity contribution is 5.94. The molecule has 2 rings (SSSR count). The van der Waals surface area contributed by atoms with E-state index in [1.807, 2.05) is 0 Å². The molecule has 0 bridgehead atoms. The summed E-state index contributed by atoms with van der Waals surface area (Å²) in [5.74, 6) is -0.155. The first-order chi connectivity index (χ1) is 8.56. The lowest BCUT2D eigenvalue weighted by molar-refractivity contribution is 0.0902. The van der Waals surface area contributed by atoms with Crippen LogP contribution in [0.15, 0.2) is 23.1 Å². The number of nitrogens with two attached hydrogens (primary N) is 1. The van der Waals surface area contributed by atoms with Crippen LogP contribution in [0.2, 0.25) is 0 Å². The Labute approximate surface area is 106 Å². The molecule has 1 aliphatic carbocycles. The van der Waals surface area contributed by atoms with Crippen molar-refractivity contribution >= 4 is 5.91 Å². The standard InChI is InChI=1S/C13H19N3O2/c1-16-8-10(4-5-11(16)17)12(18)15-13(9-14)6-2-3-7-13/h4-5,8H,2-3,6-7,9,14H2,1H3,(H,15,18). The van der Waals surface area contributed by atoms with Gasteiger partial charge in [-0.25, -0.2) is 0 Å². The summed E-state index contributed by atoms with van der Waals surface area (Å²) in [4.78, 5) is 23.4. The lowest BCUT2D eigenvalue weighted by Crippen LogP contribution is -2.51. The first kappa shape index (κ1) is 12.8. The summed E-state index contributed by atoms with van der Waals surface area (Å²) < 4.78 is 1.40. The molecule has 1 aliphatic rings. The first-order valence-corrected chi connectivity index (χ1v) is 6.26. The Morgan fingerprint density at radius 2 is 2.11 bits per heavy atom. The van der Waals surface area contributed by atoms with Crippen LogP contribution in [0.1, 0.15) is 36.0 Å². The fraction of sp³-hybridized carbons (Fsp3) is 0.538. The zero-order valence-corrected chi connectivity index (χ0v) is 10.6. The molecule has 1 aromatic heterocycles. The highest BCUT2D eigenvalue weighted by Crippen LogP contribution is 2.28. The lowest BCUT2D eigenvalue weighted by Gasteiger charge is -2.28. The third-order valence-electron chi connectivity index (χ3n) is 3.68. The van der Waals surface area contributed by atoms with E-state index >= 15 is 0 Å². The zero-order chi connectivity index (χ0) is 13.2. The molecule has 98 valence electrons. The van der Waals surface area contributed by atoms with Gasteiger partial charge in [0.2, 0.25) is 5.56 Å². The van der Waals surface area contributed by atoms with Crippen LogP contribution in [0.4, 0.5) is 0 Å². The fourth-order valence-corrected chi connectivity index (χ4v) is 2.47. The monoisotopic (exact) mass is 249 g/mol. The molecule has 0 spiro atoms. The predicted molar refractivity (Wildman–Crippen MR) is 69.4 cm³/mol. The number of hydrogen-bond donors (Lipinski definition) is 2. The number of carbonyl (C=O) groups excluding carboxylic acids is 1. The van der Waals surface area contributed by atoms with Crippen molar-refractivity contribution in [2.75, 3.05) is 6.54 Å². The number of rotatable bonds is 3. The first-order valence-electron chi connectivity index (χ1n) is 6.26. The second kappa shape index (κ2) is 4.94. The summed E-state index contributed by atoms with van der Waals surface area (Å²) >= 11 is 0. The highest BCUT2D eigenvalue weighted by Gasteiger charge is 2.34. The molecule has 3 N–H and O–H groups in total. The van der Waals surface area contributed by atoms with Crippen molar-refractivity contribution in [3.05, 3.63) is 34.2 Å². The van der Waals surface area contributed by atoms with Gasteiger partial charge in [-0.15, -0.1) is 0 Å². The molecule has 1 fully saturated rings. The van der Waals surface area contributed by atoms with Gasteiger partial charge >= 0.3 is 0 Å². The zero-order valence-electron chi connectivity index (χ0n) is 10.6. The normalized spacial score (nSPS) is 17.7. The Bertz CT molecular complexity index is 501. The number of aromatic nitrogens is 1. The van der Waals surface area contributed by atoms with Crippen LogP contribution >= 0.6 is 0 Å². The van der Waals surface area contributed by atoms with Gasteiger partial charge in [-0.3, -0.25) is 9.59 Å². The second-order valence-corrected chi connectivity index (χ2v) is 5.01. The molecule has 0 radical (unpaired) electrons. The van der Waals surface area contributed by atoms with E-state index in [0.29, 0.717) is 12.1 Å². The molecule has 0 atom stereocenters. The summed E-state index contributed by atoms with van der Waals surface area (Å²) in [5.41, 5.74) is 5.89. The van der Waals surface area contributed by atoms with Crippen LogP contribution in [0.3, 0.4) is 0 Å². The van der Waals surface area contributed by atoms with Gasteiger partial charge in [0.15, 0.2) is 0 Å². The van der Waals surface area contributed by atoms with Gasteiger partial charge < -0.3 is 15.6 Å². The Balaban J connectivity index is 2.16. The topological polar surface area (TPSA) is 77.1 Å². The SMILES string of the molecule is Cn1cc(C(=O)NC2(CN)CCCC2)ccc1=O. The summed E-state index contributed by atoms with van der Waals surface area (Å²) in [7, 11) is 1.63. The van der Waals surface area contributed by atoms with Gasteiger partial charge in [0.05, 0.1) is 11.1 Å². The Morgan fingerprint density at radius 1 is 1.44 bits per heavy atom. The average molecular weight is 249 g/mol. The summed E-state index contributed by atoms with van der Waals surface area (Å²) in [6.45, 7) is 0.463. The number of nitrogens with zero attached hydrogens (tertiary/aromatic N) is 1. The number of amides is 1. The number of carbonyl (C=O) groups is 1. The van der Waals surface area contributed by atoms with Crippen LogP contribution in [-0.2, 0) is 7.05 Å². The summed E-state index contributed by atoms with van der Waals surface area (Å²) in [5, 5.41) is 3.03. The third kappa shape index (κ3) is 2.46. The van der Waals surface area contributed by atoms with Gasteiger partial charge in [0.25, 0.3) is 5.91 Å². The Hall–Kier alpha value is -1.62. The van der Waals surface area contributed by atoms with Crippen LogP contribution in [-0.4, -0.2) is 22.6 Å². The van der Waals surface area contributed by atoms with Gasteiger partial charge in [-0.2, -0.15) is 0 Å². The molecular weight excluding hydrogens is 230 g/mol. The van der Waals surface area contributed by atoms with Crippen molar-refractivity contribution < 1.29 is 4.79 Å². The van der Waals surface area contributed by atoms with Crippen molar-refractivity contribution in [2.45, 2.75) is 31.2 Å². The van der Waals surface area contributed by atoms with Gasteiger partial charge in [0, 0.05) is 25.9 Å². The molecule has 18 heavy (non-hydrogen) atoms. The van der Waals surface area contributed by atoms with E-state index in [0.717, 1.165) is 25.7 Å². The molecule has 1 heterocycles. The van der Waals surface area contributed by atoms with Gasteiger partial charge in [-0.1, -0.05) is 12.8 Å². The van der Waals surface area contributed by atoms with Crippen molar-refractivity contribution in [1.82, 2.24) is 9.88 Å². The molecule has 0 aliphatic heterocycles. The minimum atomic E-state index is -0.258. The van der Waals surface area contributed by atoms with E-state index in [-0.39, 0.29) is 17.0 Å². The number of pyridine rings is 1. The summed E-state index contributed by atoms with van der Waals surface area (Å²) in [6, 6.07) is 2.95. The largest absolute Gasteiger partial charge is 0.345 e. The Kier molecular flexibility index (Phi) is 3.52. The summed E-state index contributed by atoms with van der Waals surface area (Å²) in [6.07, 6.45) is 5.62. The van der Waals surface area contributed by atoms with E-state index in [1.54, 1.807) is 19.3 Å². The van der Waals surface area contributed by atoms with Crippen LogP contribution in [0.25, 0.3) is 0 Å². The maximum atomic E-state index is 12.1. The van der Waals surface area contributed by atoms with Crippen LogP contribution in [0, 0.1) is 0 Å².